The molecule has 0 spiro atoms. The molecule has 2 amide bonds. The van der Waals surface area contributed by atoms with Crippen molar-refractivity contribution < 1.29 is 14.7 Å². The predicted octanol–water partition coefficient (Wildman–Crippen LogP) is 2.15. The molecule has 0 aromatic carbocycles. The van der Waals surface area contributed by atoms with Gasteiger partial charge < -0.3 is 15.7 Å². The van der Waals surface area contributed by atoms with E-state index in [1.807, 2.05) is 12.3 Å². The summed E-state index contributed by atoms with van der Waals surface area (Å²) in [5, 5.41) is 17.2. The van der Waals surface area contributed by atoms with E-state index in [-0.39, 0.29) is 23.9 Å². The highest BCUT2D eigenvalue weighted by atomic mass is 32.1. The van der Waals surface area contributed by atoms with Crippen molar-refractivity contribution >= 4 is 23.3 Å². The van der Waals surface area contributed by atoms with Gasteiger partial charge in [-0.1, -0.05) is 6.42 Å². The number of carbonyl (C=O) groups is 2. The summed E-state index contributed by atoms with van der Waals surface area (Å²) >= 11 is 1.49. The lowest BCUT2D eigenvalue weighted by Gasteiger charge is -2.40. The van der Waals surface area contributed by atoms with Crippen LogP contribution in [0.15, 0.2) is 11.6 Å². The Morgan fingerprint density at radius 2 is 2.30 bits per heavy atom. The Hall–Kier alpha value is -1.63. The number of carboxylic acids is 1. The van der Waals surface area contributed by atoms with Crippen molar-refractivity contribution in [1.82, 2.24) is 15.6 Å². The number of nitrogens with one attached hydrogen (secondary N) is 2. The van der Waals surface area contributed by atoms with E-state index in [9.17, 15) is 9.59 Å². The van der Waals surface area contributed by atoms with E-state index >= 15 is 0 Å². The lowest BCUT2D eigenvalue weighted by molar-refractivity contribution is -0.141. The third kappa shape index (κ3) is 3.69. The summed E-state index contributed by atoms with van der Waals surface area (Å²) in [4.78, 5) is 26.8. The predicted molar refractivity (Wildman–Crippen MR) is 75.6 cm³/mol. The number of amides is 2. The van der Waals surface area contributed by atoms with Crippen LogP contribution < -0.4 is 10.6 Å². The van der Waals surface area contributed by atoms with Crippen LogP contribution in [0.2, 0.25) is 0 Å². The molecule has 1 unspecified atom stereocenters. The fraction of sp³-hybridized carbons (Fsp3) is 0.615. The van der Waals surface area contributed by atoms with Gasteiger partial charge in [0, 0.05) is 18.1 Å². The zero-order valence-electron chi connectivity index (χ0n) is 11.4. The van der Waals surface area contributed by atoms with Gasteiger partial charge in [-0.05, 0) is 25.2 Å². The minimum Gasteiger partial charge on any atom is -0.481 e. The summed E-state index contributed by atoms with van der Waals surface area (Å²) < 4.78 is 0. The second-order valence-corrected chi connectivity index (χ2v) is 6.27. The van der Waals surface area contributed by atoms with Gasteiger partial charge in [0.25, 0.3) is 0 Å². The zero-order chi connectivity index (χ0) is 14.6. The summed E-state index contributed by atoms with van der Waals surface area (Å²) in [6.45, 7) is 2.28. The molecule has 1 saturated carbocycles. The zero-order valence-corrected chi connectivity index (χ0v) is 12.2. The van der Waals surface area contributed by atoms with Crippen LogP contribution in [-0.2, 0) is 4.79 Å². The lowest BCUT2D eigenvalue weighted by atomic mass is 9.66. The minimum absolute atomic E-state index is 0.120. The van der Waals surface area contributed by atoms with Gasteiger partial charge in [0.1, 0.15) is 5.01 Å². The monoisotopic (exact) mass is 297 g/mol. The number of aromatic nitrogens is 1. The molecule has 1 aromatic heterocycles. The number of thiazole rings is 1. The fourth-order valence-corrected chi connectivity index (χ4v) is 3.09. The second kappa shape index (κ2) is 6.21. The molecule has 1 aromatic rings. The van der Waals surface area contributed by atoms with Gasteiger partial charge in [-0.2, -0.15) is 0 Å². The van der Waals surface area contributed by atoms with Crippen LogP contribution in [0.25, 0.3) is 0 Å². The van der Waals surface area contributed by atoms with Crippen molar-refractivity contribution in [3.05, 3.63) is 16.6 Å². The number of hydrogen-bond acceptors (Lipinski definition) is 4. The number of rotatable bonds is 6. The largest absolute Gasteiger partial charge is 0.481 e. The summed E-state index contributed by atoms with van der Waals surface area (Å²) in [5.41, 5.74) is -0.256. The van der Waals surface area contributed by atoms with E-state index in [1.165, 1.54) is 11.3 Å². The number of hydrogen-bond donors (Lipinski definition) is 3. The maximum atomic E-state index is 11.8. The van der Waals surface area contributed by atoms with Gasteiger partial charge in [-0.15, -0.1) is 11.3 Å². The van der Waals surface area contributed by atoms with Crippen LogP contribution in [0.4, 0.5) is 4.79 Å². The van der Waals surface area contributed by atoms with E-state index in [1.54, 1.807) is 6.20 Å². The van der Waals surface area contributed by atoms with Crippen molar-refractivity contribution in [2.75, 3.05) is 6.54 Å². The van der Waals surface area contributed by atoms with Gasteiger partial charge in [0.15, 0.2) is 0 Å². The molecule has 110 valence electrons. The Kier molecular flexibility index (Phi) is 4.59. The Morgan fingerprint density at radius 3 is 2.80 bits per heavy atom. The Balaban J connectivity index is 1.78. The van der Waals surface area contributed by atoms with Crippen molar-refractivity contribution in [2.45, 2.75) is 38.6 Å². The maximum Gasteiger partial charge on any atom is 0.315 e. The first kappa shape index (κ1) is 14.8. The molecule has 20 heavy (non-hydrogen) atoms. The van der Waals surface area contributed by atoms with Crippen molar-refractivity contribution in [3.8, 4) is 0 Å². The number of carbonyl (C=O) groups excluding carboxylic acids is 1. The third-order valence-corrected chi connectivity index (χ3v) is 4.69. The third-order valence-electron chi connectivity index (χ3n) is 3.73. The van der Waals surface area contributed by atoms with E-state index in [4.69, 9.17) is 5.11 Å². The van der Waals surface area contributed by atoms with Gasteiger partial charge in [-0.3, -0.25) is 4.79 Å². The molecule has 7 heteroatoms. The second-order valence-electron chi connectivity index (χ2n) is 5.34. The highest BCUT2D eigenvalue weighted by molar-refractivity contribution is 7.09. The first-order valence-corrected chi connectivity index (χ1v) is 7.54. The molecule has 1 atom stereocenters. The average Bonchev–Trinajstić information content (AvgIpc) is 2.85. The van der Waals surface area contributed by atoms with Crippen LogP contribution in [0.5, 0.6) is 0 Å². The van der Waals surface area contributed by atoms with Gasteiger partial charge in [-0.25, -0.2) is 9.78 Å². The molecule has 2 rings (SSSR count). The highest BCUT2D eigenvalue weighted by Gasteiger charge is 2.39. The topological polar surface area (TPSA) is 91.3 Å². The Bertz CT molecular complexity index is 471. The van der Waals surface area contributed by atoms with E-state index in [2.05, 4.69) is 15.6 Å². The van der Waals surface area contributed by atoms with Crippen LogP contribution in [0, 0.1) is 5.41 Å². The SMILES string of the molecule is CC(NC(=O)NCC1(CC(=O)O)CCC1)c1nccs1. The number of carboxylic acid groups (broad SMARTS) is 1. The van der Waals surface area contributed by atoms with Crippen LogP contribution in [0.3, 0.4) is 0 Å². The molecule has 1 aliphatic carbocycles. The molecular formula is C13H19N3O3S. The van der Waals surface area contributed by atoms with Crippen molar-refractivity contribution in [2.24, 2.45) is 5.41 Å². The van der Waals surface area contributed by atoms with Crippen LogP contribution in [-0.4, -0.2) is 28.6 Å². The minimum atomic E-state index is -0.803. The molecule has 6 nitrogen and oxygen atoms in total. The van der Waals surface area contributed by atoms with E-state index in [0.29, 0.717) is 6.54 Å². The smallest absolute Gasteiger partial charge is 0.315 e. The van der Waals surface area contributed by atoms with Crippen LogP contribution in [0.1, 0.15) is 43.7 Å². The van der Waals surface area contributed by atoms with Crippen LogP contribution >= 0.6 is 11.3 Å². The quantitative estimate of drug-likeness (QED) is 0.750. The first-order chi connectivity index (χ1) is 9.51. The molecule has 0 saturated heterocycles. The van der Waals surface area contributed by atoms with Gasteiger partial charge >= 0.3 is 12.0 Å². The van der Waals surface area contributed by atoms with Gasteiger partial charge in [0.2, 0.25) is 0 Å². The van der Waals surface area contributed by atoms with Gasteiger partial charge in [0.05, 0.1) is 12.5 Å². The summed E-state index contributed by atoms with van der Waals surface area (Å²) in [5.74, 6) is -0.803. The molecular weight excluding hydrogens is 278 g/mol. The average molecular weight is 297 g/mol. The number of urea groups is 1. The summed E-state index contributed by atoms with van der Waals surface area (Å²) in [6, 6.07) is -0.420. The molecule has 1 aliphatic rings. The number of aliphatic carboxylic acids is 1. The molecule has 0 radical (unpaired) electrons. The normalized spacial score (nSPS) is 17.9. The van der Waals surface area contributed by atoms with Crippen molar-refractivity contribution in [1.29, 1.82) is 0 Å². The fourth-order valence-electron chi connectivity index (χ4n) is 2.44. The molecule has 0 aliphatic heterocycles. The van der Waals surface area contributed by atoms with E-state index in [0.717, 1.165) is 24.3 Å². The molecule has 0 bridgehead atoms. The molecule has 1 heterocycles. The molecule has 1 fully saturated rings. The lowest BCUT2D eigenvalue weighted by Crippen LogP contribution is -2.47. The standard InChI is InChI=1S/C13H19N3O3S/c1-9(11-14-5-6-20-11)16-12(19)15-8-13(3-2-4-13)7-10(17)18/h5-6,9H,2-4,7-8H2,1H3,(H,17,18)(H2,15,16,19). The Morgan fingerprint density at radius 1 is 1.55 bits per heavy atom. The first-order valence-electron chi connectivity index (χ1n) is 6.66. The van der Waals surface area contributed by atoms with Crippen molar-refractivity contribution in [3.63, 3.8) is 0 Å². The number of nitrogens with zero attached hydrogens (tertiary/aromatic N) is 1. The highest BCUT2D eigenvalue weighted by Crippen LogP contribution is 2.43. The maximum absolute atomic E-state index is 11.8. The molecule has 3 N–H and O–H groups in total. The Labute approximate surface area is 121 Å². The van der Waals surface area contributed by atoms with E-state index < -0.39 is 5.97 Å². The summed E-state index contributed by atoms with van der Waals surface area (Å²) in [6.07, 6.45) is 4.58. The summed E-state index contributed by atoms with van der Waals surface area (Å²) in [7, 11) is 0.